The van der Waals surface area contributed by atoms with Crippen LogP contribution in [0.4, 0.5) is 5.82 Å². The van der Waals surface area contributed by atoms with Gasteiger partial charge in [0.2, 0.25) is 0 Å². The minimum atomic E-state index is 0.0489. The summed E-state index contributed by atoms with van der Waals surface area (Å²) >= 11 is 0. The maximum atomic E-state index is 5.67. The second kappa shape index (κ2) is 6.55. The molecular weight excluding hydrogens is 300 g/mol. The van der Waals surface area contributed by atoms with E-state index in [-0.39, 0.29) is 11.5 Å². The zero-order valence-corrected chi connectivity index (χ0v) is 15.3. The summed E-state index contributed by atoms with van der Waals surface area (Å²) in [5, 5.41) is 12.3. The average Bonchev–Trinajstić information content (AvgIpc) is 2.91. The van der Waals surface area contributed by atoms with Gasteiger partial charge in [0.05, 0.1) is 11.7 Å². The fraction of sp³-hybridized carbons (Fsp3) is 0.579. The van der Waals surface area contributed by atoms with Gasteiger partial charge in [-0.05, 0) is 38.1 Å². The van der Waals surface area contributed by atoms with E-state index < -0.39 is 0 Å². The molecule has 1 atom stereocenters. The van der Waals surface area contributed by atoms with Crippen LogP contribution in [0.25, 0.3) is 0 Å². The van der Waals surface area contributed by atoms with Gasteiger partial charge < -0.3 is 14.6 Å². The molecule has 3 heterocycles. The Kier molecular flexibility index (Phi) is 4.63. The molecular formula is C19H28N4O. The number of hydrogen-bond acceptors (Lipinski definition) is 5. The predicted molar refractivity (Wildman–Crippen MR) is 96.3 cm³/mol. The summed E-state index contributed by atoms with van der Waals surface area (Å²) in [6.07, 6.45) is 0. The molecule has 1 unspecified atom stereocenters. The molecule has 130 valence electrons. The van der Waals surface area contributed by atoms with Gasteiger partial charge in [-0.3, -0.25) is 0 Å². The maximum absolute atomic E-state index is 5.67. The minimum Gasteiger partial charge on any atom is -0.465 e. The van der Waals surface area contributed by atoms with Crippen LogP contribution in [0, 0.1) is 12.8 Å². The van der Waals surface area contributed by atoms with Crippen molar-refractivity contribution in [2.45, 2.75) is 46.1 Å². The Morgan fingerprint density at radius 2 is 1.96 bits per heavy atom. The first-order valence-electron chi connectivity index (χ1n) is 8.72. The number of nitrogens with zero attached hydrogens (tertiary/aromatic N) is 3. The number of hydrogen-bond donors (Lipinski definition) is 1. The third-order valence-electron chi connectivity index (χ3n) is 4.60. The Morgan fingerprint density at radius 1 is 1.21 bits per heavy atom. The van der Waals surface area contributed by atoms with Crippen molar-refractivity contribution in [1.29, 1.82) is 0 Å². The molecule has 0 radical (unpaired) electrons. The van der Waals surface area contributed by atoms with E-state index in [1.807, 2.05) is 19.1 Å². The zero-order chi connectivity index (χ0) is 17.3. The Hall–Kier alpha value is -1.88. The fourth-order valence-electron chi connectivity index (χ4n) is 2.91. The summed E-state index contributed by atoms with van der Waals surface area (Å²) < 4.78 is 5.67. The lowest BCUT2D eigenvalue weighted by Gasteiger charge is -2.40. The quantitative estimate of drug-likeness (QED) is 0.911. The molecule has 1 aliphatic rings. The number of aryl methyl sites for hydroxylation is 1. The van der Waals surface area contributed by atoms with E-state index in [1.54, 1.807) is 0 Å². The molecule has 1 fully saturated rings. The first-order chi connectivity index (χ1) is 11.3. The second-order valence-electron chi connectivity index (χ2n) is 7.88. The van der Waals surface area contributed by atoms with E-state index in [1.165, 1.54) is 0 Å². The van der Waals surface area contributed by atoms with E-state index in [0.717, 1.165) is 42.7 Å². The van der Waals surface area contributed by atoms with Gasteiger partial charge in [-0.15, -0.1) is 5.10 Å². The van der Waals surface area contributed by atoms with E-state index in [4.69, 9.17) is 4.42 Å². The van der Waals surface area contributed by atoms with Gasteiger partial charge in [-0.1, -0.05) is 20.8 Å². The number of furan rings is 1. The number of anilines is 1. The van der Waals surface area contributed by atoms with Crippen LogP contribution in [0.5, 0.6) is 0 Å². The maximum Gasteiger partial charge on any atom is 0.151 e. The zero-order valence-electron chi connectivity index (χ0n) is 15.3. The van der Waals surface area contributed by atoms with E-state index in [0.29, 0.717) is 5.92 Å². The largest absolute Gasteiger partial charge is 0.465 e. The molecule has 1 N–H and O–H groups in total. The minimum absolute atomic E-state index is 0.0489. The lowest BCUT2D eigenvalue weighted by molar-refractivity contribution is 0.344. The molecule has 0 spiro atoms. The van der Waals surface area contributed by atoms with Gasteiger partial charge in [-0.2, -0.15) is 5.10 Å². The molecule has 5 heteroatoms. The predicted octanol–water partition coefficient (Wildman–Crippen LogP) is 3.46. The van der Waals surface area contributed by atoms with Gasteiger partial charge in [0.25, 0.3) is 0 Å². The smallest absolute Gasteiger partial charge is 0.151 e. The van der Waals surface area contributed by atoms with Crippen LogP contribution in [0.1, 0.15) is 51.0 Å². The third kappa shape index (κ3) is 3.78. The van der Waals surface area contributed by atoms with Gasteiger partial charge in [0.15, 0.2) is 5.82 Å². The van der Waals surface area contributed by atoms with Gasteiger partial charge >= 0.3 is 0 Å². The van der Waals surface area contributed by atoms with Crippen molar-refractivity contribution in [2.75, 3.05) is 24.5 Å². The van der Waals surface area contributed by atoms with E-state index in [2.05, 4.69) is 60.2 Å². The average molecular weight is 328 g/mol. The number of aromatic nitrogens is 2. The summed E-state index contributed by atoms with van der Waals surface area (Å²) in [5.74, 6) is 3.60. The number of nitrogens with one attached hydrogen (secondary N) is 1. The molecule has 0 bridgehead atoms. The van der Waals surface area contributed by atoms with Gasteiger partial charge in [0.1, 0.15) is 11.5 Å². The van der Waals surface area contributed by atoms with Gasteiger partial charge in [-0.25, -0.2) is 0 Å². The highest BCUT2D eigenvalue weighted by molar-refractivity contribution is 5.41. The van der Waals surface area contributed by atoms with Crippen molar-refractivity contribution in [1.82, 2.24) is 15.5 Å². The molecule has 5 nitrogen and oxygen atoms in total. The standard InChI is InChI=1S/C19H28N4O/c1-13-6-7-16(24-13)14(2)20-10-15-11-23(12-15)18-9-8-17(21-22-18)19(3,4)5/h6-9,14-15,20H,10-12H2,1-5H3. The number of rotatable bonds is 5. The normalized spacial score (nSPS) is 17.0. The van der Waals surface area contributed by atoms with Crippen molar-refractivity contribution in [3.8, 4) is 0 Å². The summed E-state index contributed by atoms with van der Waals surface area (Å²) in [7, 11) is 0. The van der Waals surface area contributed by atoms with Crippen LogP contribution in [0.15, 0.2) is 28.7 Å². The Bertz CT molecular complexity index is 665. The van der Waals surface area contributed by atoms with Gasteiger partial charge in [0, 0.05) is 31.0 Å². The Balaban J connectivity index is 1.45. The molecule has 0 aromatic carbocycles. The molecule has 0 amide bonds. The second-order valence-corrected chi connectivity index (χ2v) is 7.88. The van der Waals surface area contributed by atoms with Crippen LogP contribution < -0.4 is 10.2 Å². The lowest BCUT2D eigenvalue weighted by Crippen LogP contribution is -2.51. The Morgan fingerprint density at radius 3 is 2.50 bits per heavy atom. The summed E-state index contributed by atoms with van der Waals surface area (Å²) in [6, 6.07) is 8.49. The monoisotopic (exact) mass is 328 g/mol. The molecule has 1 saturated heterocycles. The van der Waals surface area contributed by atoms with Crippen LogP contribution in [0.2, 0.25) is 0 Å². The lowest BCUT2D eigenvalue weighted by atomic mass is 9.92. The molecule has 0 saturated carbocycles. The van der Waals surface area contributed by atoms with Crippen molar-refractivity contribution in [2.24, 2.45) is 5.92 Å². The van der Waals surface area contributed by atoms with Crippen molar-refractivity contribution in [3.63, 3.8) is 0 Å². The van der Waals surface area contributed by atoms with Crippen LogP contribution in [0.3, 0.4) is 0 Å². The SMILES string of the molecule is Cc1ccc(C(C)NCC2CN(c3ccc(C(C)(C)C)nn3)C2)o1. The van der Waals surface area contributed by atoms with Crippen LogP contribution >= 0.6 is 0 Å². The molecule has 2 aromatic rings. The Labute approximate surface area is 144 Å². The van der Waals surface area contributed by atoms with Crippen LogP contribution in [-0.2, 0) is 5.41 Å². The summed E-state index contributed by atoms with van der Waals surface area (Å²) in [4.78, 5) is 2.29. The summed E-state index contributed by atoms with van der Waals surface area (Å²) in [6.45, 7) is 13.6. The molecule has 0 aliphatic carbocycles. The topological polar surface area (TPSA) is 54.2 Å². The highest BCUT2D eigenvalue weighted by atomic mass is 16.3. The molecule has 2 aromatic heterocycles. The van der Waals surface area contributed by atoms with Crippen molar-refractivity contribution < 1.29 is 4.42 Å². The molecule has 3 rings (SSSR count). The highest BCUT2D eigenvalue weighted by Gasteiger charge is 2.28. The first-order valence-corrected chi connectivity index (χ1v) is 8.72. The van der Waals surface area contributed by atoms with Crippen molar-refractivity contribution >= 4 is 5.82 Å². The first kappa shape index (κ1) is 17.0. The fourth-order valence-corrected chi connectivity index (χ4v) is 2.91. The van der Waals surface area contributed by atoms with Crippen molar-refractivity contribution in [3.05, 3.63) is 41.5 Å². The highest BCUT2D eigenvalue weighted by Crippen LogP contribution is 2.25. The summed E-state index contributed by atoms with van der Waals surface area (Å²) in [5.41, 5.74) is 1.08. The van der Waals surface area contributed by atoms with Crippen LogP contribution in [-0.4, -0.2) is 29.8 Å². The third-order valence-corrected chi connectivity index (χ3v) is 4.60. The molecule has 1 aliphatic heterocycles. The van der Waals surface area contributed by atoms with E-state index >= 15 is 0 Å². The van der Waals surface area contributed by atoms with E-state index in [9.17, 15) is 0 Å². The molecule has 24 heavy (non-hydrogen) atoms.